The number of guanidine groups is 1. The number of halogens is 3. The third kappa shape index (κ3) is 2.82. The summed E-state index contributed by atoms with van der Waals surface area (Å²) in [6.45, 7) is 0.471. The molecule has 6 heteroatoms. The van der Waals surface area contributed by atoms with Gasteiger partial charge in [-0.2, -0.15) is 0 Å². The minimum Gasteiger partial charge on any atom is -0.369 e. The molecule has 1 aliphatic heterocycles. The van der Waals surface area contributed by atoms with Crippen LogP contribution in [-0.4, -0.2) is 12.5 Å². The van der Waals surface area contributed by atoms with Gasteiger partial charge in [0, 0.05) is 15.7 Å². The summed E-state index contributed by atoms with van der Waals surface area (Å²) in [5.41, 5.74) is 7.49. The van der Waals surface area contributed by atoms with E-state index in [1.165, 1.54) is 12.1 Å². The third-order valence-electron chi connectivity index (χ3n) is 3.34. The summed E-state index contributed by atoms with van der Waals surface area (Å²) in [6, 6.07) is 11.4. The van der Waals surface area contributed by atoms with Crippen LogP contribution in [0.3, 0.4) is 0 Å². The lowest BCUT2D eigenvalue weighted by atomic mass is 10.1. The van der Waals surface area contributed by atoms with Crippen LogP contribution in [0.15, 0.2) is 47.5 Å². The van der Waals surface area contributed by atoms with E-state index in [2.05, 4.69) is 4.99 Å². The van der Waals surface area contributed by atoms with Crippen molar-refractivity contribution in [1.29, 1.82) is 0 Å². The number of rotatable bonds is 2. The molecule has 0 radical (unpaired) electrons. The molecule has 1 aliphatic rings. The van der Waals surface area contributed by atoms with E-state index in [0.717, 1.165) is 5.56 Å². The van der Waals surface area contributed by atoms with E-state index < -0.39 is 0 Å². The van der Waals surface area contributed by atoms with Crippen LogP contribution in [0.2, 0.25) is 10.0 Å². The molecule has 0 amide bonds. The van der Waals surface area contributed by atoms with Crippen LogP contribution < -0.4 is 10.6 Å². The zero-order chi connectivity index (χ0) is 15.0. The molecule has 3 rings (SSSR count). The second-order valence-corrected chi connectivity index (χ2v) is 5.64. The molecule has 108 valence electrons. The predicted molar refractivity (Wildman–Crippen MR) is 84.6 cm³/mol. The zero-order valence-corrected chi connectivity index (χ0v) is 12.4. The second kappa shape index (κ2) is 5.54. The van der Waals surface area contributed by atoms with Gasteiger partial charge in [-0.3, -0.25) is 4.99 Å². The lowest BCUT2D eigenvalue weighted by Crippen LogP contribution is -2.36. The first-order valence-corrected chi connectivity index (χ1v) is 7.11. The summed E-state index contributed by atoms with van der Waals surface area (Å²) < 4.78 is 13.5. The Labute approximate surface area is 131 Å². The first kappa shape index (κ1) is 14.2. The van der Waals surface area contributed by atoms with E-state index in [1.54, 1.807) is 23.1 Å². The molecule has 3 nitrogen and oxygen atoms in total. The molecule has 1 heterocycles. The summed E-state index contributed by atoms with van der Waals surface area (Å²) >= 11 is 12.1. The number of anilines is 1. The van der Waals surface area contributed by atoms with Crippen LogP contribution in [0.25, 0.3) is 0 Å². The predicted octanol–water partition coefficient (Wildman–Crippen LogP) is 4.01. The minimum atomic E-state index is -0.324. The first-order valence-electron chi connectivity index (χ1n) is 6.35. The fourth-order valence-electron chi connectivity index (χ4n) is 2.46. The summed E-state index contributed by atoms with van der Waals surface area (Å²) in [5, 5.41) is 1.09. The van der Waals surface area contributed by atoms with Gasteiger partial charge in [0.05, 0.1) is 12.6 Å². The van der Waals surface area contributed by atoms with E-state index in [4.69, 9.17) is 28.9 Å². The maximum absolute atomic E-state index is 13.5. The highest BCUT2D eigenvalue weighted by Crippen LogP contribution is 2.33. The molecule has 21 heavy (non-hydrogen) atoms. The average molecular weight is 324 g/mol. The highest BCUT2D eigenvalue weighted by molar-refractivity contribution is 6.34. The van der Waals surface area contributed by atoms with E-state index in [0.29, 0.717) is 28.2 Å². The Morgan fingerprint density at radius 1 is 1.14 bits per heavy atom. The SMILES string of the molecule is NC1=NCC(c2cc(Cl)cc(Cl)c2)N1c1cccc(F)c1. The Bertz CT molecular complexity index is 698. The Hall–Kier alpha value is -1.78. The molecular formula is C15H12Cl2FN3. The van der Waals surface area contributed by atoms with E-state index in [-0.39, 0.29) is 11.9 Å². The van der Waals surface area contributed by atoms with Gasteiger partial charge in [0.1, 0.15) is 5.82 Å². The van der Waals surface area contributed by atoms with Crippen molar-refractivity contribution >= 4 is 34.8 Å². The minimum absolute atomic E-state index is 0.150. The Morgan fingerprint density at radius 3 is 2.52 bits per heavy atom. The van der Waals surface area contributed by atoms with Gasteiger partial charge in [-0.25, -0.2) is 4.39 Å². The van der Waals surface area contributed by atoms with Gasteiger partial charge in [0.15, 0.2) is 5.96 Å². The number of nitrogens with two attached hydrogens (primary N) is 1. The van der Waals surface area contributed by atoms with Gasteiger partial charge in [-0.05, 0) is 42.0 Å². The zero-order valence-electron chi connectivity index (χ0n) is 10.9. The number of hydrogen-bond donors (Lipinski definition) is 1. The fourth-order valence-corrected chi connectivity index (χ4v) is 3.00. The van der Waals surface area contributed by atoms with E-state index in [9.17, 15) is 4.39 Å². The summed E-state index contributed by atoms with van der Waals surface area (Å²) in [6.07, 6.45) is 0. The second-order valence-electron chi connectivity index (χ2n) is 4.77. The van der Waals surface area contributed by atoms with Crippen molar-refractivity contribution in [3.63, 3.8) is 0 Å². The lowest BCUT2D eigenvalue weighted by molar-refractivity contribution is 0.626. The third-order valence-corrected chi connectivity index (χ3v) is 3.78. The van der Waals surface area contributed by atoms with Gasteiger partial charge in [-0.15, -0.1) is 0 Å². The highest BCUT2D eigenvalue weighted by Gasteiger charge is 2.29. The van der Waals surface area contributed by atoms with Crippen molar-refractivity contribution in [3.8, 4) is 0 Å². The molecule has 0 saturated carbocycles. The molecule has 0 bridgehead atoms. The maximum Gasteiger partial charge on any atom is 0.196 e. The van der Waals surface area contributed by atoms with Crippen molar-refractivity contribution in [2.75, 3.05) is 11.4 Å². The Kier molecular flexibility index (Phi) is 3.74. The van der Waals surface area contributed by atoms with Crippen molar-refractivity contribution in [1.82, 2.24) is 0 Å². The standard InChI is InChI=1S/C15H12Cl2FN3/c16-10-4-9(5-11(17)6-10)14-8-20-15(19)21(14)13-3-1-2-12(18)7-13/h1-7,14H,8H2,(H2,19,20). The quantitative estimate of drug-likeness (QED) is 0.907. The molecule has 0 aromatic heterocycles. The van der Waals surface area contributed by atoms with E-state index >= 15 is 0 Å². The maximum atomic E-state index is 13.5. The van der Waals surface area contributed by atoms with Crippen molar-refractivity contribution in [2.24, 2.45) is 10.7 Å². The smallest absolute Gasteiger partial charge is 0.196 e. The van der Waals surface area contributed by atoms with Crippen LogP contribution in [-0.2, 0) is 0 Å². The van der Waals surface area contributed by atoms with Gasteiger partial charge in [0.2, 0.25) is 0 Å². The number of benzene rings is 2. The highest BCUT2D eigenvalue weighted by atomic mass is 35.5. The largest absolute Gasteiger partial charge is 0.369 e. The average Bonchev–Trinajstić information content (AvgIpc) is 2.79. The van der Waals surface area contributed by atoms with Crippen LogP contribution in [0.4, 0.5) is 10.1 Å². The molecule has 0 fully saturated rings. The molecule has 2 aromatic rings. The monoisotopic (exact) mass is 323 g/mol. The molecule has 0 aliphatic carbocycles. The Balaban J connectivity index is 2.02. The molecular weight excluding hydrogens is 312 g/mol. The molecule has 1 unspecified atom stereocenters. The molecule has 2 aromatic carbocycles. The van der Waals surface area contributed by atoms with Crippen molar-refractivity contribution < 1.29 is 4.39 Å². The lowest BCUT2D eigenvalue weighted by Gasteiger charge is -2.27. The van der Waals surface area contributed by atoms with Crippen LogP contribution in [0.1, 0.15) is 11.6 Å². The van der Waals surface area contributed by atoms with Crippen LogP contribution in [0.5, 0.6) is 0 Å². The Morgan fingerprint density at radius 2 is 1.86 bits per heavy atom. The van der Waals surface area contributed by atoms with E-state index in [1.807, 2.05) is 12.1 Å². The van der Waals surface area contributed by atoms with Crippen LogP contribution >= 0.6 is 23.2 Å². The van der Waals surface area contributed by atoms with Gasteiger partial charge >= 0.3 is 0 Å². The normalized spacial score (nSPS) is 18.0. The first-order chi connectivity index (χ1) is 10.0. The summed E-state index contributed by atoms with van der Waals surface area (Å²) in [4.78, 5) is 6.04. The van der Waals surface area contributed by atoms with Crippen molar-refractivity contribution in [3.05, 3.63) is 63.9 Å². The number of nitrogens with zero attached hydrogens (tertiary/aromatic N) is 2. The fraction of sp³-hybridized carbons (Fsp3) is 0.133. The summed E-state index contributed by atoms with van der Waals surface area (Å²) in [5.74, 6) is 0.0248. The molecule has 1 atom stereocenters. The molecule has 0 saturated heterocycles. The molecule has 2 N–H and O–H groups in total. The van der Waals surface area contributed by atoms with Crippen LogP contribution in [0, 0.1) is 5.82 Å². The van der Waals surface area contributed by atoms with Gasteiger partial charge < -0.3 is 10.6 Å². The number of aliphatic imine (C=N–C) groups is 1. The number of hydrogen-bond acceptors (Lipinski definition) is 3. The van der Waals surface area contributed by atoms with Crippen molar-refractivity contribution in [2.45, 2.75) is 6.04 Å². The topological polar surface area (TPSA) is 41.6 Å². The summed E-state index contributed by atoms with van der Waals surface area (Å²) in [7, 11) is 0. The van der Waals surface area contributed by atoms with Gasteiger partial charge in [-0.1, -0.05) is 29.3 Å². The van der Waals surface area contributed by atoms with Gasteiger partial charge in [0.25, 0.3) is 0 Å². The molecule has 0 spiro atoms.